The van der Waals surface area contributed by atoms with E-state index in [1.54, 1.807) is 37.3 Å². The summed E-state index contributed by atoms with van der Waals surface area (Å²) in [5.74, 6) is -0.308. The summed E-state index contributed by atoms with van der Waals surface area (Å²) in [6.07, 6.45) is -0.774. The number of benzene rings is 1. The molecule has 1 aromatic carbocycles. The number of carbonyl (C=O) groups is 2. The van der Waals surface area contributed by atoms with Gasteiger partial charge in [-0.3, -0.25) is 20.4 Å². The number of hydrogen-bond donors (Lipinski definition) is 2. The molecule has 0 aliphatic rings. The monoisotopic (exact) mass is 465 g/mol. The number of ether oxygens (including phenoxy) is 1. The van der Waals surface area contributed by atoms with Crippen molar-refractivity contribution in [1.82, 2.24) is 15.8 Å². The summed E-state index contributed by atoms with van der Waals surface area (Å²) in [5, 5.41) is 2.74. The Morgan fingerprint density at radius 2 is 2.04 bits per heavy atom. The van der Waals surface area contributed by atoms with Crippen LogP contribution in [0.3, 0.4) is 0 Å². The summed E-state index contributed by atoms with van der Waals surface area (Å²) in [6, 6.07) is 11.1. The van der Waals surface area contributed by atoms with Gasteiger partial charge in [0.1, 0.15) is 15.6 Å². The molecule has 3 aromatic rings. The maximum Gasteiger partial charge on any atom is 0.281 e. The van der Waals surface area contributed by atoms with Crippen molar-refractivity contribution >= 4 is 50.4 Å². The lowest BCUT2D eigenvalue weighted by atomic mass is 10.3. The second-order valence-electron chi connectivity index (χ2n) is 5.57. The normalized spacial score (nSPS) is 11.7. The Hall–Kier alpha value is -2.23. The van der Waals surface area contributed by atoms with Crippen molar-refractivity contribution in [2.75, 3.05) is 0 Å². The first-order valence-corrected chi connectivity index (χ1v) is 10.5. The highest BCUT2D eigenvalue weighted by Gasteiger charge is 2.19. The summed E-state index contributed by atoms with van der Waals surface area (Å²) < 4.78 is 6.42. The maximum absolute atomic E-state index is 12.4. The highest BCUT2D eigenvalue weighted by molar-refractivity contribution is 9.10. The highest BCUT2D eigenvalue weighted by Crippen LogP contribution is 2.30. The zero-order valence-electron chi connectivity index (χ0n) is 14.5. The molecule has 1 atom stereocenters. The molecule has 0 bridgehead atoms. The molecule has 3 rings (SSSR count). The Balaban J connectivity index is 1.58. The van der Waals surface area contributed by atoms with E-state index in [4.69, 9.17) is 4.74 Å². The van der Waals surface area contributed by atoms with Crippen LogP contribution in [-0.4, -0.2) is 22.9 Å². The van der Waals surface area contributed by atoms with E-state index in [9.17, 15) is 9.59 Å². The molecule has 0 aliphatic heterocycles. The first kappa shape index (κ1) is 19.5. The molecule has 2 N–H and O–H groups in total. The van der Waals surface area contributed by atoms with Crippen LogP contribution in [0.2, 0.25) is 0 Å². The molecule has 1 unspecified atom stereocenters. The number of halogens is 1. The number of amides is 2. The first-order chi connectivity index (χ1) is 12.9. The van der Waals surface area contributed by atoms with Gasteiger partial charge in [-0.2, -0.15) is 0 Å². The minimum absolute atomic E-state index is 0.407. The Bertz CT molecular complexity index is 957. The Kier molecular flexibility index (Phi) is 6.25. The zero-order chi connectivity index (χ0) is 19.4. The fraction of sp³-hybridized carbons (Fsp3) is 0.167. The number of hydrazine groups is 1. The molecular weight excluding hydrogens is 450 g/mol. The lowest BCUT2D eigenvalue weighted by Crippen LogP contribution is -2.47. The summed E-state index contributed by atoms with van der Waals surface area (Å²) in [4.78, 5) is 30.4. The molecule has 0 spiro atoms. The van der Waals surface area contributed by atoms with Gasteiger partial charge in [-0.25, -0.2) is 4.98 Å². The van der Waals surface area contributed by atoms with Gasteiger partial charge in [0.2, 0.25) is 0 Å². The first-order valence-electron chi connectivity index (χ1n) is 7.98. The van der Waals surface area contributed by atoms with Crippen LogP contribution in [0.25, 0.3) is 9.88 Å². The zero-order valence-corrected chi connectivity index (χ0v) is 17.7. The van der Waals surface area contributed by atoms with Crippen molar-refractivity contribution < 1.29 is 14.3 Å². The molecular formula is C18H16BrN3O3S2. The number of nitrogens with one attached hydrogen (secondary N) is 2. The molecule has 0 fully saturated rings. The lowest BCUT2D eigenvalue weighted by molar-refractivity contribution is -0.128. The predicted octanol–water partition coefficient (Wildman–Crippen LogP) is 4.17. The number of carbonyl (C=O) groups excluding carboxylic acids is 2. The van der Waals surface area contributed by atoms with Gasteiger partial charge in [0, 0.05) is 4.47 Å². The van der Waals surface area contributed by atoms with E-state index in [-0.39, 0.29) is 0 Å². The third-order valence-electron chi connectivity index (χ3n) is 3.51. The van der Waals surface area contributed by atoms with Gasteiger partial charge in [0.15, 0.2) is 6.10 Å². The van der Waals surface area contributed by atoms with Crippen molar-refractivity contribution in [3.63, 3.8) is 0 Å². The number of aryl methyl sites for hydroxylation is 1. The number of nitrogens with zero attached hydrogens (tertiary/aromatic N) is 1. The van der Waals surface area contributed by atoms with E-state index in [0.29, 0.717) is 16.3 Å². The van der Waals surface area contributed by atoms with Crippen LogP contribution in [0.15, 0.2) is 46.3 Å². The molecule has 9 heteroatoms. The Morgan fingerprint density at radius 3 is 2.74 bits per heavy atom. The quantitative estimate of drug-likeness (QED) is 0.554. The van der Waals surface area contributed by atoms with E-state index < -0.39 is 17.9 Å². The highest BCUT2D eigenvalue weighted by atomic mass is 79.9. The van der Waals surface area contributed by atoms with E-state index in [2.05, 4.69) is 31.8 Å². The minimum Gasteiger partial charge on any atom is -0.481 e. The van der Waals surface area contributed by atoms with Gasteiger partial charge in [-0.05, 0) is 43.5 Å². The largest absolute Gasteiger partial charge is 0.481 e. The predicted molar refractivity (Wildman–Crippen MR) is 110 cm³/mol. The number of thiazole rings is 1. The standard InChI is InChI=1S/C18H16BrN3O3S2/c1-10-15(27-18(20-10)14-7-4-8-26-14)17(24)22-21-16(23)11(2)25-13-6-3-5-12(19)9-13/h3-9,11H,1-2H3,(H,21,23)(H,22,24). The van der Waals surface area contributed by atoms with Crippen LogP contribution in [0.4, 0.5) is 0 Å². The number of hydrogen-bond acceptors (Lipinski definition) is 6. The van der Waals surface area contributed by atoms with Crippen molar-refractivity contribution in [3.05, 3.63) is 56.8 Å². The van der Waals surface area contributed by atoms with Crippen molar-refractivity contribution in [1.29, 1.82) is 0 Å². The molecule has 2 aromatic heterocycles. The summed E-state index contributed by atoms with van der Waals surface area (Å²) >= 11 is 6.20. The summed E-state index contributed by atoms with van der Waals surface area (Å²) in [5.41, 5.74) is 5.43. The van der Waals surface area contributed by atoms with Crippen LogP contribution < -0.4 is 15.6 Å². The molecule has 0 saturated carbocycles. The third kappa shape index (κ3) is 4.94. The topological polar surface area (TPSA) is 80.3 Å². The fourth-order valence-electron chi connectivity index (χ4n) is 2.19. The van der Waals surface area contributed by atoms with E-state index in [1.807, 2.05) is 29.6 Å². The van der Waals surface area contributed by atoms with Crippen molar-refractivity contribution in [2.45, 2.75) is 20.0 Å². The SMILES string of the molecule is Cc1nc(-c2cccs2)sc1C(=O)NNC(=O)C(C)Oc1cccc(Br)c1. The van der Waals surface area contributed by atoms with Crippen LogP contribution >= 0.6 is 38.6 Å². The smallest absolute Gasteiger partial charge is 0.281 e. The van der Waals surface area contributed by atoms with Crippen molar-refractivity contribution in [3.8, 4) is 15.6 Å². The molecule has 2 heterocycles. The van der Waals surface area contributed by atoms with Crippen molar-refractivity contribution in [2.24, 2.45) is 0 Å². The average molecular weight is 466 g/mol. The summed E-state index contributed by atoms with van der Waals surface area (Å²) in [6.45, 7) is 3.37. The van der Waals surface area contributed by atoms with Crippen LogP contribution in [0.5, 0.6) is 5.75 Å². The van der Waals surface area contributed by atoms with Gasteiger partial charge in [-0.1, -0.05) is 28.1 Å². The Labute approximate surface area is 172 Å². The molecule has 0 aliphatic carbocycles. The molecule has 2 amide bonds. The second-order valence-corrected chi connectivity index (χ2v) is 8.43. The van der Waals surface area contributed by atoms with E-state index >= 15 is 0 Å². The molecule has 27 heavy (non-hydrogen) atoms. The number of thiophene rings is 1. The lowest BCUT2D eigenvalue weighted by Gasteiger charge is -2.15. The molecule has 0 radical (unpaired) electrons. The van der Waals surface area contributed by atoms with Gasteiger partial charge in [0.25, 0.3) is 11.8 Å². The minimum atomic E-state index is -0.774. The third-order valence-corrected chi connectivity index (χ3v) is 6.20. The maximum atomic E-state index is 12.4. The van der Waals surface area contributed by atoms with Crippen LogP contribution in [0.1, 0.15) is 22.3 Å². The molecule has 6 nitrogen and oxygen atoms in total. The van der Waals surface area contributed by atoms with Crippen LogP contribution in [-0.2, 0) is 4.79 Å². The van der Waals surface area contributed by atoms with Gasteiger partial charge >= 0.3 is 0 Å². The second kappa shape index (κ2) is 8.64. The van der Waals surface area contributed by atoms with Gasteiger partial charge in [-0.15, -0.1) is 22.7 Å². The van der Waals surface area contributed by atoms with E-state index in [1.165, 1.54) is 11.3 Å². The van der Waals surface area contributed by atoms with E-state index in [0.717, 1.165) is 14.4 Å². The summed E-state index contributed by atoms with van der Waals surface area (Å²) in [7, 11) is 0. The van der Waals surface area contributed by atoms with Gasteiger partial charge in [0.05, 0.1) is 10.6 Å². The molecule has 140 valence electrons. The number of rotatable bonds is 5. The average Bonchev–Trinajstić information content (AvgIpc) is 3.28. The number of aromatic nitrogens is 1. The van der Waals surface area contributed by atoms with Gasteiger partial charge < -0.3 is 4.74 Å². The van der Waals surface area contributed by atoms with Crippen LogP contribution in [0, 0.1) is 6.92 Å². The molecule has 0 saturated heterocycles. The fourth-order valence-corrected chi connectivity index (χ4v) is 4.32. The Morgan fingerprint density at radius 1 is 1.22 bits per heavy atom.